The van der Waals surface area contributed by atoms with E-state index in [1.54, 1.807) is 11.3 Å². The summed E-state index contributed by atoms with van der Waals surface area (Å²) in [5.41, 5.74) is 6.56. The number of carbonyl (C=O) groups is 1. The number of nitrogens with two attached hydrogens (primary N) is 1. The Kier molecular flexibility index (Phi) is 4.52. The Morgan fingerprint density at radius 3 is 2.86 bits per heavy atom. The molecule has 6 heteroatoms. The number of fused-ring (bicyclic) bond motifs is 1. The first kappa shape index (κ1) is 15.1. The molecule has 2 heterocycles. The summed E-state index contributed by atoms with van der Waals surface area (Å²) in [5.74, 6) is 0.241. The highest BCUT2D eigenvalue weighted by atomic mass is 32.1. The van der Waals surface area contributed by atoms with Crippen molar-refractivity contribution >= 4 is 38.8 Å². The molecule has 0 fully saturated rings. The van der Waals surface area contributed by atoms with Crippen LogP contribution in [-0.2, 0) is 0 Å². The van der Waals surface area contributed by atoms with E-state index in [9.17, 15) is 4.79 Å². The molecule has 0 aliphatic heterocycles. The van der Waals surface area contributed by atoms with Gasteiger partial charge in [-0.25, -0.2) is 4.98 Å². The molecule has 3 rings (SSSR count). The number of thiazole rings is 1. The molecule has 0 aliphatic rings. The van der Waals surface area contributed by atoms with Crippen LogP contribution in [0.2, 0.25) is 0 Å². The van der Waals surface area contributed by atoms with Gasteiger partial charge in [0.05, 0.1) is 20.0 Å². The van der Waals surface area contributed by atoms with Gasteiger partial charge in [0.25, 0.3) is 5.91 Å². The van der Waals surface area contributed by atoms with Gasteiger partial charge in [0, 0.05) is 6.54 Å². The van der Waals surface area contributed by atoms with Gasteiger partial charge >= 0.3 is 0 Å². The molecule has 22 heavy (non-hydrogen) atoms. The third kappa shape index (κ3) is 3.19. The maximum atomic E-state index is 12.1. The number of para-hydroxylation sites is 1. The summed E-state index contributed by atoms with van der Waals surface area (Å²) in [6, 6.07) is 11.9. The number of hydrogen-bond donors (Lipinski definition) is 2. The largest absolute Gasteiger partial charge is 0.351 e. The number of aromatic nitrogens is 1. The number of nitrogens with zero attached hydrogens (tertiary/aromatic N) is 1. The van der Waals surface area contributed by atoms with Gasteiger partial charge in [-0.05, 0) is 36.7 Å². The van der Waals surface area contributed by atoms with Gasteiger partial charge in [-0.1, -0.05) is 19.1 Å². The molecule has 114 valence electrons. The van der Waals surface area contributed by atoms with Crippen molar-refractivity contribution in [1.82, 2.24) is 10.3 Å². The summed E-state index contributed by atoms with van der Waals surface area (Å²) in [5, 5.41) is 3.87. The van der Waals surface area contributed by atoms with Crippen LogP contribution < -0.4 is 11.1 Å². The number of amides is 1. The van der Waals surface area contributed by atoms with Crippen LogP contribution in [0.3, 0.4) is 0 Å². The smallest absolute Gasteiger partial charge is 0.261 e. The minimum absolute atomic E-state index is 0.0438. The van der Waals surface area contributed by atoms with Crippen LogP contribution in [0.25, 0.3) is 20.1 Å². The van der Waals surface area contributed by atoms with Gasteiger partial charge in [0.1, 0.15) is 5.01 Å². The van der Waals surface area contributed by atoms with E-state index in [1.165, 1.54) is 11.3 Å². The Balaban J connectivity index is 1.77. The van der Waals surface area contributed by atoms with Crippen LogP contribution in [0, 0.1) is 5.92 Å². The quantitative estimate of drug-likeness (QED) is 0.753. The third-order valence-electron chi connectivity index (χ3n) is 3.35. The maximum Gasteiger partial charge on any atom is 0.261 e. The van der Waals surface area contributed by atoms with E-state index >= 15 is 0 Å². The molecule has 0 bridgehead atoms. The van der Waals surface area contributed by atoms with Gasteiger partial charge in [0.15, 0.2) is 0 Å². The topological polar surface area (TPSA) is 68.0 Å². The molecule has 4 nitrogen and oxygen atoms in total. The normalized spacial score (nSPS) is 12.5. The first-order valence-electron chi connectivity index (χ1n) is 7.11. The van der Waals surface area contributed by atoms with E-state index in [1.807, 2.05) is 37.3 Å². The van der Waals surface area contributed by atoms with Crippen molar-refractivity contribution in [2.45, 2.75) is 6.92 Å². The first-order valence-corrected chi connectivity index (χ1v) is 8.74. The van der Waals surface area contributed by atoms with Crippen molar-refractivity contribution in [3.05, 3.63) is 41.3 Å². The van der Waals surface area contributed by atoms with E-state index in [0.717, 1.165) is 20.1 Å². The average Bonchev–Trinajstić information content (AvgIpc) is 3.18. The first-order chi connectivity index (χ1) is 10.7. The molecule has 0 saturated carbocycles. The lowest BCUT2D eigenvalue weighted by molar-refractivity contribution is 0.0952. The highest BCUT2D eigenvalue weighted by Gasteiger charge is 2.13. The summed E-state index contributed by atoms with van der Waals surface area (Å²) in [6.07, 6.45) is 0. The van der Waals surface area contributed by atoms with Crippen LogP contribution in [0.15, 0.2) is 36.4 Å². The fraction of sp³-hybridized carbons (Fsp3) is 0.250. The molecule has 3 aromatic rings. The Bertz CT molecular complexity index is 760. The standard InChI is InChI=1S/C16H17N3OS2/c1-10(8-17)9-18-15(20)13-6-7-14(21-13)16-19-11-4-2-3-5-12(11)22-16/h2-7,10H,8-9,17H2,1H3,(H,18,20). The number of thiophene rings is 1. The number of rotatable bonds is 5. The molecule has 1 unspecified atom stereocenters. The number of carbonyl (C=O) groups excluding carboxylic acids is 1. The molecule has 0 spiro atoms. The number of benzene rings is 1. The van der Waals surface area contributed by atoms with Gasteiger partial charge in [-0.2, -0.15) is 0 Å². The predicted octanol–water partition coefficient (Wildman–Crippen LogP) is 3.35. The number of hydrogen-bond acceptors (Lipinski definition) is 5. The van der Waals surface area contributed by atoms with Crippen molar-refractivity contribution in [2.24, 2.45) is 11.7 Å². The molecule has 2 aromatic heterocycles. The second-order valence-corrected chi connectivity index (χ2v) is 7.32. The van der Waals surface area contributed by atoms with E-state index in [4.69, 9.17) is 5.73 Å². The average molecular weight is 331 g/mol. The van der Waals surface area contributed by atoms with Crippen molar-refractivity contribution < 1.29 is 4.79 Å². The second kappa shape index (κ2) is 6.56. The molecular weight excluding hydrogens is 314 g/mol. The van der Waals surface area contributed by atoms with Gasteiger partial charge in [0.2, 0.25) is 0 Å². The highest BCUT2D eigenvalue weighted by Crippen LogP contribution is 2.34. The molecular formula is C16H17N3OS2. The second-order valence-electron chi connectivity index (χ2n) is 5.20. The van der Waals surface area contributed by atoms with Crippen LogP contribution in [0.1, 0.15) is 16.6 Å². The third-order valence-corrected chi connectivity index (χ3v) is 5.64. The molecule has 1 amide bonds. The van der Waals surface area contributed by atoms with Crippen molar-refractivity contribution in [3.63, 3.8) is 0 Å². The van der Waals surface area contributed by atoms with Crippen molar-refractivity contribution in [3.8, 4) is 9.88 Å². The fourth-order valence-corrected chi connectivity index (χ4v) is 3.93. The zero-order valence-corrected chi connectivity index (χ0v) is 13.8. The monoisotopic (exact) mass is 331 g/mol. The summed E-state index contributed by atoms with van der Waals surface area (Å²) >= 11 is 3.12. The Labute approximate surface area is 137 Å². The van der Waals surface area contributed by atoms with Crippen LogP contribution >= 0.6 is 22.7 Å². The highest BCUT2D eigenvalue weighted by molar-refractivity contribution is 7.26. The summed E-state index contributed by atoms with van der Waals surface area (Å²) in [6.45, 7) is 3.19. The SMILES string of the molecule is CC(CN)CNC(=O)c1ccc(-c2nc3ccccc3s2)s1. The Hall–Kier alpha value is -1.76. The molecule has 0 aliphatic carbocycles. The van der Waals surface area contributed by atoms with Gasteiger partial charge in [-0.3, -0.25) is 4.79 Å². The number of nitrogens with one attached hydrogen (secondary N) is 1. The molecule has 1 atom stereocenters. The zero-order chi connectivity index (χ0) is 15.5. The molecule has 0 radical (unpaired) electrons. The lowest BCUT2D eigenvalue weighted by atomic mass is 10.2. The molecule has 1 aromatic carbocycles. The van der Waals surface area contributed by atoms with E-state index in [2.05, 4.69) is 16.4 Å². The predicted molar refractivity (Wildman–Crippen MR) is 93.5 cm³/mol. The van der Waals surface area contributed by atoms with Crippen LogP contribution in [0.5, 0.6) is 0 Å². The zero-order valence-electron chi connectivity index (χ0n) is 12.2. The molecule has 0 saturated heterocycles. The summed E-state index contributed by atoms with van der Waals surface area (Å²) in [7, 11) is 0. The summed E-state index contributed by atoms with van der Waals surface area (Å²) in [4.78, 5) is 18.5. The fourth-order valence-electron chi connectivity index (χ4n) is 1.99. The van der Waals surface area contributed by atoms with E-state index in [0.29, 0.717) is 18.0 Å². The molecule has 3 N–H and O–H groups in total. The minimum Gasteiger partial charge on any atom is -0.351 e. The Morgan fingerprint density at radius 2 is 2.09 bits per heavy atom. The van der Waals surface area contributed by atoms with E-state index in [-0.39, 0.29) is 11.8 Å². The van der Waals surface area contributed by atoms with Crippen LogP contribution in [0.4, 0.5) is 0 Å². The minimum atomic E-state index is -0.0438. The lowest BCUT2D eigenvalue weighted by Gasteiger charge is -2.08. The summed E-state index contributed by atoms with van der Waals surface area (Å²) < 4.78 is 1.16. The van der Waals surface area contributed by atoms with Crippen molar-refractivity contribution in [1.29, 1.82) is 0 Å². The Morgan fingerprint density at radius 1 is 1.27 bits per heavy atom. The van der Waals surface area contributed by atoms with Crippen molar-refractivity contribution in [2.75, 3.05) is 13.1 Å². The maximum absolute atomic E-state index is 12.1. The van der Waals surface area contributed by atoms with E-state index < -0.39 is 0 Å². The van der Waals surface area contributed by atoms with Crippen LogP contribution in [-0.4, -0.2) is 24.0 Å². The van der Waals surface area contributed by atoms with Gasteiger partial charge in [-0.15, -0.1) is 22.7 Å². The van der Waals surface area contributed by atoms with Gasteiger partial charge < -0.3 is 11.1 Å². The lowest BCUT2D eigenvalue weighted by Crippen LogP contribution is -2.30.